The standard InChI is InChI=1S/C19H25N3O3/c1-4-20-19(21-12-14-6-5-7-16(23)10-14)22-13-15-8-9-17(24-2)11-18(15)25-3/h5-11,23H,4,12-13H2,1-3H3,(H2,20,21,22). The number of nitrogens with one attached hydrogen (secondary N) is 2. The molecule has 0 atom stereocenters. The van der Waals surface area contributed by atoms with Crippen molar-refractivity contribution in [3.63, 3.8) is 0 Å². The first-order valence-corrected chi connectivity index (χ1v) is 8.17. The molecule has 0 unspecified atom stereocenters. The summed E-state index contributed by atoms with van der Waals surface area (Å²) in [6.07, 6.45) is 0. The van der Waals surface area contributed by atoms with Crippen molar-refractivity contribution in [1.29, 1.82) is 0 Å². The van der Waals surface area contributed by atoms with Crippen molar-refractivity contribution >= 4 is 5.96 Å². The Bertz CT molecular complexity index is 717. The van der Waals surface area contributed by atoms with E-state index < -0.39 is 0 Å². The van der Waals surface area contributed by atoms with Crippen LogP contribution >= 0.6 is 0 Å². The van der Waals surface area contributed by atoms with Crippen LogP contribution in [-0.4, -0.2) is 31.8 Å². The number of rotatable bonds is 7. The maximum absolute atomic E-state index is 9.53. The smallest absolute Gasteiger partial charge is 0.191 e. The molecule has 2 aromatic rings. The summed E-state index contributed by atoms with van der Waals surface area (Å²) in [6.45, 7) is 3.81. The number of phenols is 1. The zero-order valence-corrected chi connectivity index (χ0v) is 14.9. The quantitative estimate of drug-likeness (QED) is 0.532. The van der Waals surface area contributed by atoms with E-state index in [9.17, 15) is 5.11 Å². The number of benzene rings is 2. The maximum Gasteiger partial charge on any atom is 0.191 e. The van der Waals surface area contributed by atoms with Gasteiger partial charge in [-0.1, -0.05) is 12.1 Å². The Balaban J connectivity index is 2.05. The monoisotopic (exact) mass is 343 g/mol. The topological polar surface area (TPSA) is 75.1 Å². The van der Waals surface area contributed by atoms with Gasteiger partial charge >= 0.3 is 0 Å². The normalized spacial score (nSPS) is 11.1. The summed E-state index contributed by atoms with van der Waals surface area (Å²) in [4.78, 5) is 4.55. The van der Waals surface area contributed by atoms with Crippen molar-refractivity contribution in [2.75, 3.05) is 20.8 Å². The van der Waals surface area contributed by atoms with Crippen molar-refractivity contribution in [3.8, 4) is 17.2 Å². The summed E-state index contributed by atoms with van der Waals surface area (Å²) in [5.41, 5.74) is 1.95. The van der Waals surface area contributed by atoms with Crippen molar-refractivity contribution < 1.29 is 14.6 Å². The highest BCUT2D eigenvalue weighted by Crippen LogP contribution is 2.24. The second-order valence-corrected chi connectivity index (χ2v) is 5.40. The predicted octanol–water partition coefficient (Wildman–Crippen LogP) is 2.66. The maximum atomic E-state index is 9.53. The number of guanidine groups is 1. The van der Waals surface area contributed by atoms with Gasteiger partial charge in [-0.3, -0.25) is 0 Å². The molecule has 0 amide bonds. The lowest BCUT2D eigenvalue weighted by molar-refractivity contribution is 0.390. The fraction of sp³-hybridized carbons (Fsp3) is 0.316. The molecule has 0 saturated heterocycles. The van der Waals surface area contributed by atoms with Crippen LogP contribution in [0.2, 0.25) is 0 Å². The van der Waals surface area contributed by atoms with Crippen molar-refractivity contribution in [2.45, 2.75) is 20.0 Å². The first-order valence-electron chi connectivity index (χ1n) is 8.17. The number of hydrogen-bond acceptors (Lipinski definition) is 4. The van der Waals surface area contributed by atoms with Crippen molar-refractivity contribution in [3.05, 3.63) is 53.6 Å². The Morgan fingerprint density at radius 1 is 1.08 bits per heavy atom. The van der Waals surface area contributed by atoms with Gasteiger partial charge in [0.25, 0.3) is 0 Å². The molecule has 0 radical (unpaired) electrons. The summed E-state index contributed by atoms with van der Waals surface area (Å²) >= 11 is 0. The van der Waals surface area contributed by atoms with Crippen LogP contribution in [0.25, 0.3) is 0 Å². The molecule has 0 aliphatic carbocycles. The van der Waals surface area contributed by atoms with Crippen LogP contribution in [-0.2, 0) is 13.1 Å². The van der Waals surface area contributed by atoms with E-state index in [1.54, 1.807) is 26.4 Å². The molecule has 0 aliphatic rings. The van der Waals surface area contributed by atoms with E-state index in [0.29, 0.717) is 19.0 Å². The summed E-state index contributed by atoms with van der Waals surface area (Å²) in [5, 5.41) is 16.0. The summed E-state index contributed by atoms with van der Waals surface area (Å²) < 4.78 is 10.6. The average molecular weight is 343 g/mol. The highest BCUT2D eigenvalue weighted by molar-refractivity contribution is 5.79. The molecule has 2 aromatic carbocycles. The van der Waals surface area contributed by atoms with Crippen LogP contribution in [0, 0.1) is 0 Å². The molecule has 0 aliphatic heterocycles. The van der Waals surface area contributed by atoms with E-state index in [4.69, 9.17) is 9.47 Å². The average Bonchev–Trinajstić information content (AvgIpc) is 2.64. The first-order chi connectivity index (χ1) is 12.2. The molecule has 0 bridgehead atoms. The molecule has 6 nitrogen and oxygen atoms in total. The van der Waals surface area contributed by atoms with Gasteiger partial charge < -0.3 is 25.2 Å². The molecular formula is C19H25N3O3. The predicted molar refractivity (Wildman–Crippen MR) is 99.3 cm³/mol. The third-order valence-corrected chi connectivity index (χ3v) is 3.62. The van der Waals surface area contributed by atoms with Crippen LogP contribution in [0.15, 0.2) is 47.5 Å². The second kappa shape index (κ2) is 9.42. The molecule has 0 aromatic heterocycles. The van der Waals surface area contributed by atoms with Gasteiger partial charge in [-0.2, -0.15) is 0 Å². The van der Waals surface area contributed by atoms with Crippen LogP contribution in [0.3, 0.4) is 0 Å². The number of nitrogens with zero attached hydrogens (tertiary/aromatic N) is 1. The summed E-state index contributed by atoms with van der Waals surface area (Å²) in [7, 11) is 3.27. The Labute approximate surface area is 148 Å². The Morgan fingerprint density at radius 2 is 1.92 bits per heavy atom. The minimum absolute atomic E-state index is 0.244. The van der Waals surface area contributed by atoms with Crippen LogP contribution < -0.4 is 20.1 Å². The molecule has 0 saturated carbocycles. The largest absolute Gasteiger partial charge is 0.508 e. The van der Waals surface area contributed by atoms with Gasteiger partial charge in [0.2, 0.25) is 0 Å². The summed E-state index contributed by atoms with van der Waals surface area (Å²) in [5.74, 6) is 2.46. The molecule has 0 heterocycles. The number of methoxy groups -OCH3 is 2. The number of aromatic hydroxyl groups is 1. The number of phenolic OH excluding ortho intramolecular Hbond substituents is 1. The van der Waals surface area contributed by atoms with Crippen molar-refractivity contribution in [2.24, 2.45) is 4.99 Å². The molecule has 3 N–H and O–H groups in total. The van der Waals surface area contributed by atoms with Crippen molar-refractivity contribution in [1.82, 2.24) is 10.6 Å². The van der Waals surface area contributed by atoms with E-state index in [-0.39, 0.29) is 5.75 Å². The molecular weight excluding hydrogens is 318 g/mol. The Kier molecular flexibility index (Phi) is 6.95. The van der Waals surface area contributed by atoms with Gasteiger partial charge in [0.05, 0.1) is 20.8 Å². The number of ether oxygens (including phenoxy) is 2. The Hall–Kier alpha value is -2.89. The molecule has 0 spiro atoms. The zero-order chi connectivity index (χ0) is 18.1. The third kappa shape index (κ3) is 5.60. The molecule has 134 valence electrons. The van der Waals surface area contributed by atoms with Gasteiger partial charge in [0, 0.05) is 24.7 Å². The fourth-order valence-corrected chi connectivity index (χ4v) is 2.34. The van der Waals surface area contributed by atoms with Gasteiger partial charge in [0.1, 0.15) is 17.2 Å². The first kappa shape index (κ1) is 18.4. The fourth-order valence-electron chi connectivity index (χ4n) is 2.34. The summed E-state index contributed by atoms with van der Waals surface area (Å²) in [6, 6.07) is 12.8. The lowest BCUT2D eigenvalue weighted by Crippen LogP contribution is -2.36. The van der Waals surface area contributed by atoms with Crippen LogP contribution in [0.4, 0.5) is 0 Å². The van der Waals surface area contributed by atoms with E-state index in [2.05, 4.69) is 15.6 Å². The van der Waals surface area contributed by atoms with E-state index in [1.165, 1.54) is 0 Å². The van der Waals surface area contributed by atoms with E-state index in [0.717, 1.165) is 29.2 Å². The highest BCUT2D eigenvalue weighted by atomic mass is 16.5. The molecule has 0 fully saturated rings. The third-order valence-electron chi connectivity index (χ3n) is 3.62. The highest BCUT2D eigenvalue weighted by Gasteiger charge is 2.06. The van der Waals surface area contributed by atoms with Crippen LogP contribution in [0.1, 0.15) is 18.1 Å². The lowest BCUT2D eigenvalue weighted by Gasteiger charge is -2.14. The second-order valence-electron chi connectivity index (χ2n) is 5.40. The van der Waals surface area contributed by atoms with Crippen LogP contribution in [0.5, 0.6) is 17.2 Å². The molecule has 6 heteroatoms. The minimum atomic E-state index is 0.244. The van der Waals surface area contributed by atoms with Gasteiger partial charge in [0.15, 0.2) is 5.96 Å². The van der Waals surface area contributed by atoms with Gasteiger partial charge in [-0.05, 0) is 36.8 Å². The number of hydrogen-bond donors (Lipinski definition) is 3. The van der Waals surface area contributed by atoms with Gasteiger partial charge in [-0.15, -0.1) is 0 Å². The molecule has 2 rings (SSSR count). The Morgan fingerprint density at radius 3 is 2.60 bits per heavy atom. The zero-order valence-electron chi connectivity index (χ0n) is 14.9. The lowest BCUT2D eigenvalue weighted by atomic mass is 10.2. The molecule has 25 heavy (non-hydrogen) atoms. The number of aliphatic imine (C=N–C) groups is 1. The van der Waals surface area contributed by atoms with Gasteiger partial charge in [-0.25, -0.2) is 4.99 Å². The minimum Gasteiger partial charge on any atom is -0.508 e. The van der Waals surface area contributed by atoms with E-state index >= 15 is 0 Å². The SMILES string of the molecule is CCNC(=NCc1cccc(O)c1)NCc1ccc(OC)cc1OC. The van der Waals surface area contributed by atoms with E-state index in [1.807, 2.05) is 37.3 Å².